The van der Waals surface area contributed by atoms with Crippen LogP contribution >= 0.6 is 0 Å². The Morgan fingerprint density at radius 3 is 2.04 bits per heavy atom. The van der Waals surface area contributed by atoms with Gasteiger partial charge in [-0.3, -0.25) is 9.69 Å². The maximum Gasteiger partial charge on any atom is 0.421 e. The van der Waals surface area contributed by atoms with Gasteiger partial charge in [-0.1, -0.05) is 18.2 Å². The van der Waals surface area contributed by atoms with Crippen molar-refractivity contribution >= 4 is 23.4 Å². The second-order valence-corrected chi connectivity index (χ2v) is 6.92. The number of benzene rings is 2. The third-order valence-corrected chi connectivity index (χ3v) is 3.79. The summed E-state index contributed by atoms with van der Waals surface area (Å²) in [5, 5.41) is 11.6. The van der Waals surface area contributed by atoms with Crippen molar-refractivity contribution < 1.29 is 32.3 Å². The normalized spacial score (nSPS) is 11.8. The van der Waals surface area contributed by atoms with Gasteiger partial charge in [-0.15, -0.1) is 0 Å². The zero-order valence-corrected chi connectivity index (χ0v) is 15.3. The molecule has 2 aromatic rings. The Balaban J connectivity index is 2.73. The summed E-state index contributed by atoms with van der Waals surface area (Å²) in [6.07, 6.45) is -6.72. The molecule has 2 aromatic carbocycles. The lowest BCUT2D eigenvalue weighted by atomic mass is 10.0. The van der Waals surface area contributed by atoms with Crippen molar-refractivity contribution in [1.29, 1.82) is 0 Å². The largest absolute Gasteiger partial charge is 0.465 e. The number of hydrogen-bond donors (Lipinski definition) is 2. The number of carboxylic acid groups (broad SMARTS) is 1. The number of rotatable bonds is 3. The molecule has 0 saturated carbocycles. The lowest BCUT2D eigenvalue weighted by Gasteiger charge is -2.35. The second-order valence-electron chi connectivity index (χ2n) is 6.92. The summed E-state index contributed by atoms with van der Waals surface area (Å²) in [6.45, 7) is 4.38. The van der Waals surface area contributed by atoms with Gasteiger partial charge >= 0.3 is 12.3 Å². The second kappa shape index (κ2) is 7.49. The molecule has 0 aliphatic carbocycles. The SMILES string of the molecule is CC(C)(C)N(C(=O)O)c1ccc(F)c(C(F)(F)F)c1NC(=O)c1ccccc1. The van der Waals surface area contributed by atoms with Crippen molar-refractivity contribution in [3.63, 3.8) is 0 Å². The summed E-state index contributed by atoms with van der Waals surface area (Å²) in [6, 6.07) is 8.76. The van der Waals surface area contributed by atoms with Crippen molar-refractivity contribution in [2.24, 2.45) is 0 Å². The van der Waals surface area contributed by atoms with E-state index < -0.39 is 46.5 Å². The molecule has 2 amide bonds. The van der Waals surface area contributed by atoms with Gasteiger partial charge in [-0.2, -0.15) is 13.2 Å². The summed E-state index contributed by atoms with van der Waals surface area (Å²) in [5.41, 5.74) is -4.33. The molecule has 0 aromatic heterocycles. The average molecular weight is 398 g/mol. The monoisotopic (exact) mass is 398 g/mol. The minimum absolute atomic E-state index is 0.0310. The molecule has 0 radical (unpaired) electrons. The van der Waals surface area contributed by atoms with E-state index in [1.165, 1.54) is 45.0 Å². The maximum absolute atomic E-state index is 14.1. The van der Waals surface area contributed by atoms with Gasteiger partial charge in [0.1, 0.15) is 11.4 Å². The molecule has 9 heteroatoms. The van der Waals surface area contributed by atoms with Gasteiger partial charge < -0.3 is 10.4 Å². The number of carbonyl (C=O) groups is 2. The van der Waals surface area contributed by atoms with Crippen LogP contribution in [-0.4, -0.2) is 22.6 Å². The molecule has 0 bridgehead atoms. The fourth-order valence-corrected chi connectivity index (χ4v) is 2.68. The van der Waals surface area contributed by atoms with E-state index in [0.717, 1.165) is 6.07 Å². The number of anilines is 2. The number of hydrogen-bond acceptors (Lipinski definition) is 2. The molecule has 0 saturated heterocycles. The minimum atomic E-state index is -5.17. The Labute approximate surface area is 158 Å². The van der Waals surface area contributed by atoms with Crippen LogP contribution in [0.15, 0.2) is 42.5 Å². The van der Waals surface area contributed by atoms with E-state index >= 15 is 0 Å². The lowest BCUT2D eigenvalue weighted by molar-refractivity contribution is -0.139. The quantitative estimate of drug-likeness (QED) is 0.682. The van der Waals surface area contributed by atoms with Gasteiger partial charge in [0.15, 0.2) is 0 Å². The highest BCUT2D eigenvalue weighted by molar-refractivity contribution is 6.08. The molecule has 0 spiro atoms. The first-order chi connectivity index (χ1) is 12.8. The van der Waals surface area contributed by atoms with Crippen LogP contribution in [0.2, 0.25) is 0 Å². The molecule has 0 heterocycles. The highest BCUT2D eigenvalue weighted by atomic mass is 19.4. The number of nitrogens with zero attached hydrogens (tertiary/aromatic N) is 1. The molecule has 150 valence electrons. The van der Waals surface area contributed by atoms with Crippen LogP contribution in [0.5, 0.6) is 0 Å². The lowest BCUT2D eigenvalue weighted by Crippen LogP contribution is -2.45. The van der Waals surface area contributed by atoms with E-state index in [9.17, 15) is 32.3 Å². The summed E-state index contributed by atoms with van der Waals surface area (Å²) in [4.78, 5) is 24.8. The predicted octanol–water partition coefficient (Wildman–Crippen LogP) is 5.38. The minimum Gasteiger partial charge on any atom is -0.465 e. The molecular formula is C19H18F4N2O3. The van der Waals surface area contributed by atoms with Gasteiger partial charge in [0, 0.05) is 11.1 Å². The number of halogens is 4. The van der Waals surface area contributed by atoms with Gasteiger partial charge in [0.25, 0.3) is 5.91 Å². The van der Waals surface area contributed by atoms with E-state index in [-0.39, 0.29) is 5.56 Å². The third-order valence-electron chi connectivity index (χ3n) is 3.79. The van der Waals surface area contributed by atoms with Gasteiger partial charge in [-0.25, -0.2) is 9.18 Å². The highest BCUT2D eigenvalue weighted by Gasteiger charge is 2.41. The predicted molar refractivity (Wildman–Crippen MR) is 96.1 cm³/mol. The first-order valence-corrected chi connectivity index (χ1v) is 8.13. The Bertz CT molecular complexity index is 891. The van der Waals surface area contributed by atoms with Crippen molar-refractivity contribution in [3.8, 4) is 0 Å². The number of alkyl halides is 3. The Morgan fingerprint density at radius 1 is 1.00 bits per heavy atom. The maximum atomic E-state index is 14.1. The summed E-state index contributed by atoms with van der Waals surface area (Å²) in [5.74, 6) is -2.56. The summed E-state index contributed by atoms with van der Waals surface area (Å²) >= 11 is 0. The standard InChI is InChI=1S/C19H18F4N2O3/c1-18(2,3)25(17(27)28)13-10-9-12(20)14(19(21,22)23)15(13)24-16(26)11-7-5-4-6-8-11/h4-10H,1-3H3,(H,24,26)(H,27,28). The van der Waals surface area contributed by atoms with Crippen molar-refractivity contribution in [1.82, 2.24) is 0 Å². The molecule has 2 N–H and O–H groups in total. The van der Waals surface area contributed by atoms with Gasteiger partial charge in [-0.05, 0) is 45.0 Å². The van der Waals surface area contributed by atoms with Crippen molar-refractivity contribution in [2.45, 2.75) is 32.5 Å². The molecule has 0 aliphatic rings. The number of amides is 2. The number of nitrogens with one attached hydrogen (secondary N) is 1. The van der Waals surface area contributed by atoms with E-state index in [1.54, 1.807) is 6.07 Å². The number of carbonyl (C=O) groups excluding carboxylic acids is 1. The van der Waals surface area contributed by atoms with Crippen molar-refractivity contribution in [3.05, 3.63) is 59.4 Å². The average Bonchev–Trinajstić information content (AvgIpc) is 2.55. The van der Waals surface area contributed by atoms with E-state index in [0.29, 0.717) is 11.0 Å². The molecule has 0 fully saturated rings. The smallest absolute Gasteiger partial charge is 0.421 e. The summed E-state index contributed by atoms with van der Waals surface area (Å²) < 4.78 is 54.7. The first-order valence-electron chi connectivity index (χ1n) is 8.13. The van der Waals surface area contributed by atoms with Gasteiger partial charge in [0.05, 0.1) is 11.4 Å². The molecule has 0 atom stereocenters. The fourth-order valence-electron chi connectivity index (χ4n) is 2.68. The Hall–Kier alpha value is -3.10. The Morgan fingerprint density at radius 2 is 1.57 bits per heavy atom. The van der Waals surface area contributed by atoms with Crippen LogP contribution < -0.4 is 10.2 Å². The van der Waals surface area contributed by atoms with E-state index in [4.69, 9.17) is 0 Å². The van der Waals surface area contributed by atoms with E-state index in [1.807, 2.05) is 5.32 Å². The molecule has 0 aliphatic heterocycles. The van der Waals surface area contributed by atoms with Crippen LogP contribution in [0.1, 0.15) is 36.7 Å². The zero-order chi connectivity index (χ0) is 21.3. The molecular weight excluding hydrogens is 380 g/mol. The van der Waals surface area contributed by atoms with Crippen LogP contribution in [0.4, 0.5) is 33.7 Å². The molecule has 5 nitrogen and oxygen atoms in total. The zero-order valence-electron chi connectivity index (χ0n) is 15.3. The van der Waals surface area contributed by atoms with Crippen LogP contribution in [0.25, 0.3) is 0 Å². The first kappa shape index (κ1) is 21.2. The Kier molecular flexibility index (Phi) is 5.67. The van der Waals surface area contributed by atoms with Crippen LogP contribution in [-0.2, 0) is 6.18 Å². The fraction of sp³-hybridized carbons (Fsp3) is 0.263. The summed E-state index contributed by atoms with van der Waals surface area (Å²) in [7, 11) is 0. The molecule has 0 unspecified atom stereocenters. The molecule has 28 heavy (non-hydrogen) atoms. The van der Waals surface area contributed by atoms with Crippen LogP contribution in [0.3, 0.4) is 0 Å². The van der Waals surface area contributed by atoms with Crippen molar-refractivity contribution in [2.75, 3.05) is 10.2 Å². The topological polar surface area (TPSA) is 69.6 Å². The van der Waals surface area contributed by atoms with E-state index in [2.05, 4.69) is 0 Å². The van der Waals surface area contributed by atoms with Gasteiger partial charge in [0.2, 0.25) is 0 Å². The highest BCUT2D eigenvalue weighted by Crippen LogP contribution is 2.43. The molecule has 2 rings (SSSR count). The third kappa shape index (κ3) is 4.41. The van der Waals surface area contributed by atoms with Crippen LogP contribution in [0, 0.1) is 5.82 Å².